The number of rotatable bonds is 6. The lowest BCUT2D eigenvalue weighted by atomic mass is 9.85. The molecule has 1 amide bonds. The molecule has 0 saturated heterocycles. The van der Waals surface area contributed by atoms with E-state index in [9.17, 15) is 9.90 Å². The molecule has 0 aliphatic heterocycles. The van der Waals surface area contributed by atoms with Crippen LogP contribution >= 0.6 is 11.6 Å². The molecule has 3 rings (SSSR count). The van der Waals surface area contributed by atoms with Crippen molar-refractivity contribution in [2.24, 2.45) is 0 Å². The van der Waals surface area contributed by atoms with E-state index in [0.717, 1.165) is 6.42 Å². The summed E-state index contributed by atoms with van der Waals surface area (Å²) in [5.74, 6) is -0.198. The highest BCUT2D eigenvalue weighted by atomic mass is 35.5. The van der Waals surface area contributed by atoms with E-state index in [4.69, 9.17) is 11.6 Å². The average Bonchev–Trinajstić information content (AvgIpc) is 2.69. The highest BCUT2D eigenvalue weighted by molar-refractivity contribution is 6.30. The van der Waals surface area contributed by atoms with E-state index in [2.05, 4.69) is 5.32 Å². The van der Waals surface area contributed by atoms with Crippen molar-refractivity contribution in [3.63, 3.8) is 0 Å². The predicted molar refractivity (Wildman–Crippen MR) is 109 cm³/mol. The van der Waals surface area contributed by atoms with Gasteiger partial charge >= 0.3 is 0 Å². The molecule has 0 aliphatic rings. The van der Waals surface area contributed by atoms with Crippen LogP contribution in [0.4, 0.5) is 0 Å². The van der Waals surface area contributed by atoms with Gasteiger partial charge < -0.3 is 10.4 Å². The second-order valence-corrected chi connectivity index (χ2v) is 7.05. The number of aliphatic hydroxyl groups is 1. The highest BCUT2D eigenvalue weighted by Gasteiger charge is 2.29. The zero-order valence-electron chi connectivity index (χ0n) is 15.2. The van der Waals surface area contributed by atoms with E-state index in [1.165, 1.54) is 5.56 Å². The third-order valence-corrected chi connectivity index (χ3v) is 4.90. The van der Waals surface area contributed by atoms with Crippen LogP contribution in [0.5, 0.6) is 0 Å². The Morgan fingerprint density at radius 1 is 0.963 bits per heavy atom. The molecular weight excluding hydrogens is 358 g/mol. The maximum Gasteiger partial charge on any atom is 0.251 e. The Bertz CT molecular complexity index is 905. The van der Waals surface area contributed by atoms with E-state index in [1.807, 2.05) is 36.4 Å². The van der Waals surface area contributed by atoms with E-state index in [1.54, 1.807) is 49.4 Å². The third kappa shape index (κ3) is 4.57. The van der Waals surface area contributed by atoms with Gasteiger partial charge in [0.2, 0.25) is 0 Å². The molecule has 3 aromatic rings. The Morgan fingerprint density at radius 3 is 2.30 bits per heavy atom. The first-order valence-electron chi connectivity index (χ1n) is 8.88. The molecule has 138 valence electrons. The molecule has 3 nitrogen and oxygen atoms in total. The first kappa shape index (κ1) is 19.2. The van der Waals surface area contributed by atoms with Gasteiger partial charge in [-0.15, -0.1) is 0 Å². The normalized spacial score (nSPS) is 13.0. The Labute approximate surface area is 164 Å². The van der Waals surface area contributed by atoms with Crippen molar-refractivity contribution in [2.45, 2.75) is 18.9 Å². The minimum Gasteiger partial charge on any atom is -0.381 e. The predicted octanol–water partition coefficient (Wildman–Crippen LogP) is 4.57. The van der Waals surface area contributed by atoms with Crippen LogP contribution in [0.15, 0.2) is 78.9 Å². The van der Waals surface area contributed by atoms with E-state index in [-0.39, 0.29) is 5.91 Å². The fourth-order valence-electron chi connectivity index (χ4n) is 3.10. The molecule has 0 aromatic heterocycles. The van der Waals surface area contributed by atoms with Crippen molar-refractivity contribution in [3.05, 3.63) is 106 Å². The maximum atomic E-state index is 12.7. The molecular formula is C23H22ClNO2. The summed E-state index contributed by atoms with van der Waals surface area (Å²) in [5, 5.41) is 14.7. The number of halogens is 1. The van der Waals surface area contributed by atoms with Crippen LogP contribution in [0.1, 0.15) is 34.0 Å². The number of amides is 1. The van der Waals surface area contributed by atoms with Crippen LogP contribution in [0.2, 0.25) is 5.02 Å². The molecule has 0 heterocycles. The van der Waals surface area contributed by atoms with Crippen LogP contribution in [-0.4, -0.2) is 17.6 Å². The Kier molecular flexibility index (Phi) is 5.94. The Balaban J connectivity index is 1.78. The summed E-state index contributed by atoms with van der Waals surface area (Å²) < 4.78 is 0. The molecule has 0 fully saturated rings. The summed E-state index contributed by atoms with van der Waals surface area (Å²) >= 11 is 5.95. The lowest BCUT2D eigenvalue weighted by molar-refractivity contribution is 0.0894. The van der Waals surface area contributed by atoms with Crippen LogP contribution in [-0.2, 0) is 12.0 Å². The number of benzene rings is 3. The molecule has 27 heavy (non-hydrogen) atoms. The summed E-state index contributed by atoms with van der Waals surface area (Å²) in [7, 11) is 0. The van der Waals surface area contributed by atoms with E-state index >= 15 is 0 Å². The number of hydrogen-bond donors (Lipinski definition) is 2. The van der Waals surface area contributed by atoms with Crippen molar-refractivity contribution >= 4 is 17.5 Å². The quantitative estimate of drug-likeness (QED) is 0.659. The van der Waals surface area contributed by atoms with Gasteiger partial charge in [0.25, 0.3) is 5.91 Å². The second-order valence-electron chi connectivity index (χ2n) is 6.62. The standard InChI is InChI=1S/C23H22ClNO2/c1-23(27,18-11-13-19(24)14-12-18)21-10-6-5-9-20(21)22(26)25-16-15-17-7-3-2-4-8-17/h2-14,27H,15-16H2,1H3,(H,25,26). The molecule has 1 unspecified atom stereocenters. The average molecular weight is 380 g/mol. The maximum absolute atomic E-state index is 12.7. The van der Waals surface area contributed by atoms with Crippen molar-refractivity contribution in [1.29, 1.82) is 0 Å². The van der Waals surface area contributed by atoms with E-state index in [0.29, 0.717) is 28.3 Å². The summed E-state index contributed by atoms with van der Waals surface area (Å²) in [6.45, 7) is 2.21. The molecule has 0 aliphatic carbocycles. The van der Waals surface area contributed by atoms with Crippen LogP contribution in [0.25, 0.3) is 0 Å². The molecule has 2 N–H and O–H groups in total. The topological polar surface area (TPSA) is 49.3 Å². The van der Waals surface area contributed by atoms with Gasteiger partial charge in [-0.2, -0.15) is 0 Å². The SMILES string of the molecule is CC(O)(c1ccc(Cl)cc1)c1ccccc1C(=O)NCCc1ccccc1. The summed E-state index contributed by atoms with van der Waals surface area (Å²) in [6.07, 6.45) is 0.752. The molecule has 0 bridgehead atoms. The largest absolute Gasteiger partial charge is 0.381 e. The number of nitrogens with one attached hydrogen (secondary N) is 1. The van der Waals surface area contributed by atoms with Gasteiger partial charge in [0.1, 0.15) is 5.60 Å². The first-order valence-corrected chi connectivity index (χ1v) is 9.26. The molecule has 4 heteroatoms. The van der Waals surface area contributed by atoms with Crippen molar-refractivity contribution < 1.29 is 9.90 Å². The molecule has 0 radical (unpaired) electrons. The Morgan fingerprint density at radius 2 is 1.59 bits per heavy atom. The molecule has 1 atom stereocenters. The second kappa shape index (κ2) is 8.38. The summed E-state index contributed by atoms with van der Waals surface area (Å²) in [5.41, 5.74) is 1.56. The minimum atomic E-state index is -1.31. The van der Waals surface area contributed by atoms with Crippen LogP contribution in [0, 0.1) is 0 Å². The summed E-state index contributed by atoms with van der Waals surface area (Å²) in [4.78, 5) is 12.7. The molecule has 0 spiro atoms. The van der Waals surface area contributed by atoms with Crippen molar-refractivity contribution in [1.82, 2.24) is 5.32 Å². The fraction of sp³-hybridized carbons (Fsp3) is 0.174. The number of carbonyl (C=O) groups is 1. The zero-order chi connectivity index (χ0) is 19.3. The van der Waals surface area contributed by atoms with Crippen molar-refractivity contribution in [2.75, 3.05) is 6.54 Å². The van der Waals surface area contributed by atoms with Gasteiger partial charge in [0.15, 0.2) is 0 Å². The molecule has 3 aromatic carbocycles. The Hall–Kier alpha value is -2.62. The monoisotopic (exact) mass is 379 g/mol. The van der Waals surface area contributed by atoms with Gasteiger partial charge in [-0.1, -0.05) is 72.3 Å². The van der Waals surface area contributed by atoms with Crippen LogP contribution < -0.4 is 5.32 Å². The van der Waals surface area contributed by atoms with Gasteiger partial charge in [-0.05, 0) is 42.7 Å². The van der Waals surface area contributed by atoms with Gasteiger partial charge in [-0.3, -0.25) is 4.79 Å². The lowest BCUT2D eigenvalue weighted by Crippen LogP contribution is -2.31. The number of hydrogen-bond acceptors (Lipinski definition) is 2. The van der Waals surface area contributed by atoms with Gasteiger partial charge in [0.05, 0.1) is 0 Å². The van der Waals surface area contributed by atoms with Gasteiger partial charge in [-0.25, -0.2) is 0 Å². The van der Waals surface area contributed by atoms with Crippen molar-refractivity contribution in [3.8, 4) is 0 Å². The van der Waals surface area contributed by atoms with E-state index < -0.39 is 5.60 Å². The summed E-state index contributed by atoms with van der Waals surface area (Å²) in [6, 6.07) is 24.1. The molecule has 0 saturated carbocycles. The first-order chi connectivity index (χ1) is 13.0. The fourth-order valence-corrected chi connectivity index (χ4v) is 3.22. The van der Waals surface area contributed by atoms with Crippen LogP contribution in [0.3, 0.4) is 0 Å². The zero-order valence-corrected chi connectivity index (χ0v) is 15.9. The third-order valence-electron chi connectivity index (χ3n) is 4.64. The highest BCUT2D eigenvalue weighted by Crippen LogP contribution is 2.32. The smallest absolute Gasteiger partial charge is 0.251 e. The van der Waals surface area contributed by atoms with Gasteiger partial charge in [0, 0.05) is 22.7 Å². The lowest BCUT2D eigenvalue weighted by Gasteiger charge is -2.27. The minimum absolute atomic E-state index is 0.198. The number of carbonyl (C=O) groups excluding carboxylic acids is 1.